The Labute approximate surface area is 475 Å². The number of ether oxygens (including phenoxy) is 3. The van der Waals surface area contributed by atoms with Crippen LogP contribution in [0.15, 0.2) is 72.9 Å². The first-order valence-electron chi connectivity index (χ1n) is 28.5. The monoisotopic (exact) mass is 1110 g/mol. The minimum Gasteiger partial charge on any atom is -0.508 e. The number of methoxy groups -OCH3 is 1. The third kappa shape index (κ3) is 12.9. The van der Waals surface area contributed by atoms with Gasteiger partial charge in [-0.15, -0.1) is 0 Å². The second kappa shape index (κ2) is 24.8. The molecule has 3 fully saturated rings. The number of phenolic OH excluding ortho intramolecular Hbond substituents is 1. The highest BCUT2D eigenvalue weighted by atomic mass is 16.5. The Balaban J connectivity index is 1.10. The summed E-state index contributed by atoms with van der Waals surface area (Å²) in [5.74, 6) is 4.34. The molecule has 430 valence electrons. The van der Waals surface area contributed by atoms with Gasteiger partial charge in [-0.2, -0.15) is 0 Å². The number of anilines is 1. The van der Waals surface area contributed by atoms with Crippen molar-refractivity contribution in [2.24, 2.45) is 11.3 Å². The molecule has 0 aliphatic carbocycles. The van der Waals surface area contributed by atoms with Crippen LogP contribution in [0, 0.1) is 23.2 Å². The lowest BCUT2D eigenvalue weighted by Crippen LogP contribution is -2.62. The molecule has 81 heavy (non-hydrogen) atoms. The summed E-state index contributed by atoms with van der Waals surface area (Å²) in [5, 5.41) is 16.9. The number of fused-ring (bicyclic) bond motifs is 6. The number of nitrogen functional groups attached to an aromatic ring is 1. The van der Waals surface area contributed by atoms with Gasteiger partial charge in [-0.3, -0.25) is 38.9 Å². The van der Waals surface area contributed by atoms with Crippen LogP contribution < -0.4 is 16.5 Å². The molecule has 18 heteroatoms. The molecule has 0 radical (unpaired) electrons. The molecule has 9 rings (SSSR count). The summed E-state index contributed by atoms with van der Waals surface area (Å²) in [6, 6.07) is 17.9. The number of hydrazine groups is 1. The summed E-state index contributed by atoms with van der Waals surface area (Å²) in [7, 11) is 5.09. The Morgan fingerprint density at radius 2 is 1.78 bits per heavy atom. The molecular weight excluding hydrogens is 1030 g/mol. The predicted octanol–water partition coefficient (Wildman–Crippen LogP) is 6.61. The van der Waals surface area contributed by atoms with Gasteiger partial charge in [0.1, 0.15) is 30.0 Å². The van der Waals surface area contributed by atoms with E-state index in [9.17, 15) is 29.1 Å². The van der Waals surface area contributed by atoms with Crippen molar-refractivity contribution in [3.05, 3.63) is 101 Å². The summed E-state index contributed by atoms with van der Waals surface area (Å²) >= 11 is 0. The molecular formula is C63H79N9O9. The smallest absolute Gasteiger partial charge is 0.324 e. The van der Waals surface area contributed by atoms with E-state index in [1.54, 1.807) is 49.5 Å². The van der Waals surface area contributed by atoms with Crippen molar-refractivity contribution in [3.8, 4) is 40.0 Å². The number of benzene rings is 3. The van der Waals surface area contributed by atoms with E-state index in [1.807, 2.05) is 52.1 Å². The van der Waals surface area contributed by atoms with Crippen LogP contribution in [0.1, 0.15) is 107 Å². The van der Waals surface area contributed by atoms with E-state index in [-0.39, 0.29) is 55.1 Å². The highest BCUT2D eigenvalue weighted by molar-refractivity contribution is 5.96. The molecule has 4 aliphatic heterocycles. The summed E-state index contributed by atoms with van der Waals surface area (Å²) < 4.78 is 20.5. The number of carbonyl (C=O) groups excluding carboxylic acids is 5. The summed E-state index contributed by atoms with van der Waals surface area (Å²) in [5.41, 5.74) is 17.3. The summed E-state index contributed by atoms with van der Waals surface area (Å²) in [6.45, 7) is 15.7. The number of amides is 4. The number of nitrogens with zero attached hydrogens (tertiary/aromatic N) is 6. The van der Waals surface area contributed by atoms with Crippen molar-refractivity contribution in [3.63, 3.8) is 0 Å². The number of nitrogens with two attached hydrogens (primary N) is 1. The number of rotatable bonds is 11. The van der Waals surface area contributed by atoms with Crippen LogP contribution in [0.3, 0.4) is 0 Å². The molecule has 6 bridgehead atoms. The highest BCUT2D eigenvalue weighted by Crippen LogP contribution is 2.43. The van der Waals surface area contributed by atoms with Gasteiger partial charge >= 0.3 is 5.97 Å². The van der Waals surface area contributed by atoms with Crippen LogP contribution in [-0.4, -0.2) is 155 Å². The lowest BCUT2D eigenvalue weighted by Gasteiger charge is -2.37. The number of aryl methyl sites for hydroxylation is 1. The normalized spacial score (nSPS) is 21.6. The molecule has 5 aromatic rings. The number of hydrogen-bond donors (Lipinski definition) is 4. The largest absolute Gasteiger partial charge is 0.508 e. The molecule has 4 amide bonds. The first-order valence-corrected chi connectivity index (χ1v) is 28.5. The number of aromatic nitrogens is 2. The number of carbonyl (C=O) groups is 5. The van der Waals surface area contributed by atoms with Gasteiger partial charge in [-0.25, -0.2) is 5.43 Å². The maximum absolute atomic E-state index is 15.0. The number of esters is 1. The summed E-state index contributed by atoms with van der Waals surface area (Å²) in [6.07, 6.45) is 2.98. The average molecular weight is 1110 g/mol. The number of pyridine rings is 1. The zero-order chi connectivity index (χ0) is 57.9. The van der Waals surface area contributed by atoms with E-state index in [2.05, 4.69) is 71.0 Å². The zero-order valence-electron chi connectivity index (χ0n) is 48.3. The quantitative estimate of drug-likeness (QED) is 0.0624. The number of cyclic esters (lactones) is 1. The third-order valence-corrected chi connectivity index (χ3v) is 16.5. The second-order valence-electron chi connectivity index (χ2n) is 23.4. The first kappa shape index (κ1) is 58.4. The van der Waals surface area contributed by atoms with Gasteiger partial charge < -0.3 is 44.7 Å². The number of hydrogen-bond acceptors (Lipinski definition) is 13. The SMILES string of the molecule is CCn1c(-c2cc(C#CCN3CCC(=O)N(C)CC3)cnc2[C@H](C)OC)c2c3cc(ccc31)-c1cc(O)cc(c1)C[C@H](NC(=O)[C@H](C(C)C)N(C)C(=O)[C@@H]1OCC[C@@H]1c1ccc(N)cc1)C(=O)N1CCC[C@H](N1)C(=O)OCC(C)(C)C2. The lowest BCUT2D eigenvalue weighted by atomic mass is 9.84. The molecule has 4 aliphatic rings. The second-order valence-corrected chi connectivity index (χ2v) is 23.4. The lowest BCUT2D eigenvalue weighted by molar-refractivity contribution is -0.155. The molecule has 3 saturated heterocycles. The predicted molar refractivity (Wildman–Crippen MR) is 310 cm³/mol. The Morgan fingerprint density at radius 3 is 2.52 bits per heavy atom. The van der Waals surface area contributed by atoms with Crippen molar-refractivity contribution >= 4 is 46.2 Å². The van der Waals surface area contributed by atoms with E-state index in [0.717, 1.165) is 56.7 Å². The zero-order valence-corrected chi connectivity index (χ0v) is 48.3. The third-order valence-electron chi connectivity index (χ3n) is 16.5. The van der Waals surface area contributed by atoms with Crippen LogP contribution in [0.5, 0.6) is 5.75 Å². The van der Waals surface area contributed by atoms with Crippen molar-refractivity contribution < 1.29 is 43.3 Å². The van der Waals surface area contributed by atoms with E-state index in [0.29, 0.717) is 81.7 Å². The Kier molecular flexibility index (Phi) is 17.9. The van der Waals surface area contributed by atoms with Crippen molar-refractivity contribution in [1.82, 2.24) is 40.0 Å². The van der Waals surface area contributed by atoms with Gasteiger partial charge in [0.25, 0.3) is 11.8 Å². The standard InChI is InChI=1S/C63H79N9O9/c1-10-71-53-20-17-43-34-48(53)50(57(71)49-31-40(36-65-55(49)39(4)79-9)13-11-23-70-25-21-54(74)68(7)26-27-70)35-63(5,6)37-81-62(78)51-14-12-24-72(67-51)60(76)52(32-41-29-44(43)33-46(73)30-41)66-59(75)56(38(2)3)69(8)61(77)58-47(22-28-80-58)42-15-18-45(64)19-16-42/h15-20,29-31,33-34,36,38-39,47,51-52,56,58,67,73H,10,12,14,21-28,32,35,37,64H2,1-9H3,(H,66,75)/t39-,47+,51-,52-,56-,58+/m0/s1. The summed E-state index contributed by atoms with van der Waals surface area (Å²) in [4.78, 5) is 81.3. The molecule has 6 atom stereocenters. The highest BCUT2D eigenvalue weighted by Gasteiger charge is 2.42. The van der Waals surface area contributed by atoms with Gasteiger partial charge in [-0.05, 0) is 116 Å². The number of aromatic hydroxyl groups is 1. The minimum absolute atomic E-state index is 0.0296. The van der Waals surface area contributed by atoms with E-state index < -0.39 is 47.4 Å². The number of phenols is 1. The fourth-order valence-electron chi connectivity index (χ4n) is 12.0. The molecule has 5 N–H and O–H groups in total. The van der Waals surface area contributed by atoms with E-state index >= 15 is 0 Å². The van der Waals surface area contributed by atoms with Crippen LogP contribution >= 0.6 is 0 Å². The number of likely N-dealkylation sites (N-methyl/N-ethyl adjacent to an activating group) is 2. The van der Waals surface area contributed by atoms with Gasteiger partial charge in [0.05, 0.1) is 30.6 Å². The maximum atomic E-state index is 15.0. The molecule has 0 saturated carbocycles. The van der Waals surface area contributed by atoms with E-state index in [4.69, 9.17) is 24.9 Å². The molecule has 6 heterocycles. The first-order chi connectivity index (χ1) is 38.7. The average Bonchev–Trinajstić information content (AvgIpc) is 4.26. The van der Waals surface area contributed by atoms with Crippen LogP contribution in [0.2, 0.25) is 0 Å². The molecule has 0 unspecified atom stereocenters. The van der Waals surface area contributed by atoms with Crippen LogP contribution in [-0.2, 0) is 57.6 Å². The Morgan fingerprint density at radius 1 is 1.00 bits per heavy atom. The van der Waals surface area contributed by atoms with E-state index in [1.165, 1.54) is 9.91 Å². The van der Waals surface area contributed by atoms with Gasteiger partial charge in [0, 0.05) is 119 Å². The van der Waals surface area contributed by atoms with Crippen LogP contribution in [0.4, 0.5) is 5.69 Å². The Hall–Kier alpha value is -7.30. The topological polar surface area (TPSA) is 214 Å². The van der Waals surface area contributed by atoms with Crippen molar-refractivity contribution in [2.45, 2.75) is 123 Å². The molecule has 2 aromatic heterocycles. The van der Waals surface area contributed by atoms with Crippen LogP contribution in [0.25, 0.3) is 33.3 Å². The minimum atomic E-state index is -1.20. The number of nitrogens with one attached hydrogen (secondary N) is 2. The van der Waals surface area contributed by atoms with Crippen molar-refractivity contribution in [2.75, 3.05) is 72.9 Å². The molecule has 18 nitrogen and oxygen atoms in total. The fraction of sp³-hybridized carbons (Fsp3) is 0.492. The fourth-order valence-corrected chi connectivity index (χ4v) is 12.0. The van der Waals surface area contributed by atoms with Gasteiger partial charge in [0.15, 0.2) is 0 Å². The van der Waals surface area contributed by atoms with Gasteiger partial charge in [-0.1, -0.05) is 63.8 Å². The maximum Gasteiger partial charge on any atom is 0.324 e. The molecule has 3 aromatic carbocycles. The Bertz CT molecular complexity index is 3230. The van der Waals surface area contributed by atoms with Gasteiger partial charge in [0.2, 0.25) is 11.8 Å². The van der Waals surface area contributed by atoms with Crippen molar-refractivity contribution in [1.29, 1.82) is 0 Å². The molecule has 0 spiro atoms.